The van der Waals surface area contributed by atoms with Gasteiger partial charge in [-0.05, 0) is 17.7 Å². The Morgan fingerprint density at radius 2 is 1.81 bits per heavy atom. The number of urea groups is 1. The maximum atomic E-state index is 12.5. The van der Waals surface area contributed by atoms with Gasteiger partial charge in [-0.15, -0.1) is 5.10 Å². The molecule has 1 aliphatic heterocycles. The van der Waals surface area contributed by atoms with Gasteiger partial charge in [0.15, 0.2) is 0 Å². The number of hydrogen-bond donors (Lipinski definition) is 2. The smallest absolute Gasteiger partial charge is 0.324 e. The van der Waals surface area contributed by atoms with Crippen LogP contribution in [0.25, 0.3) is 0 Å². The van der Waals surface area contributed by atoms with Gasteiger partial charge in [0.25, 0.3) is 0 Å². The Morgan fingerprint density at radius 3 is 2.56 bits per heavy atom. The molecule has 4 rings (SSSR count). The molecule has 2 amide bonds. The van der Waals surface area contributed by atoms with E-state index in [9.17, 15) is 4.79 Å². The van der Waals surface area contributed by atoms with Crippen molar-refractivity contribution in [2.75, 3.05) is 36.4 Å². The zero-order valence-electron chi connectivity index (χ0n) is 14.9. The maximum Gasteiger partial charge on any atom is 0.324 e. The third kappa shape index (κ3) is 4.22. The van der Waals surface area contributed by atoms with E-state index in [1.807, 2.05) is 48.5 Å². The van der Waals surface area contributed by atoms with Gasteiger partial charge in [0, 0.05) is 38.8 Å². The van der Waals surface area contributed by atoms with E-state index in [0.717, 1.165) is 30.3 Å². The lowest BCUT2D eigenvalue weighted by Crippen LogP contribution is -2.50. The number of nitrogens with zero attached hydrogens (tertiary/aromatic N) is 5. The molecule has 1 saturated heterocycles. The second-order valence-electron chi connectivity index (χ2n) is 6.36. The Labute approximate surface area is 157 Å². The molecule has 0 unspecified atom stereocenters. The van der Waals surface area contributed by atoms with Gasteiger partial charge in [-0.1, -0.05) is 36.4 Å². The molecule has 138 valence electrons. The molecule has 27 heavy (non-hydrogen) atoms. The number of nitrogens with one attached hydrogen (secondary N) is 2. The first kappa shape index (κ1) is 17.0. The molecule has 8 heteroatoms. The first-order chi connectivity index (χ1) is 13.3. The second-order valence-corrected chi connectivity index (χ2v) is 6.36. The van der Waals surface area contributed by atoms with Crippen LogP contribution in [0.2, 0.25) is 0 Å². The Bertz CT molecular complexity index is 873. The predicted octanol–water partition coefficient (Wildman–Crippen LogP) is 2.14. The van der Waals surface area contributed by atoms with Crippen molar-refractivity contribution in [1.29, 1.82) is 0 Å². The number of aromatic amines is 1. The van der Waals surface area contributed by atoms with E-state index in [0.29, 0.717) is 25.5 Å². The molecular weight excluding hydrogens is 342 g/mol. The Kier molecular flexibility index (Phi) is 4.95. The van der Waals surface area contributed by atoms with Crippen LogP contribution in [0.15, 0.2) is 54.7 Å². The molecular formula is C19H21N7O. The fraction of sp³-hybridized carbons (Fsp3) is 0.263. The topological polar surface area (TPSA) is 90.0 Å². The zero-order valence-corrected chi connectivity index (χ0v) is 14.9. The number of carbonyl (C=O) groups excluding carboxylic acids is 1. The summed E-state index contributed by atoms with van der Waals surface area (Å²) in [5.74, 6) is 1.96. The number of pyridine rings is 1. The summed E-state index contributed by atoms with van der Waals surface area (Å²) in [6, 6.07) is 15.7. The molecule has 0 radical (unpaired) electrons. The van der Waals surface area contributed by atoms with Crippen LogP contribution < -0.4 is 10.2 Å². The number of aromatic nitrogens is 4. The lowest BCUT2D eigenvalue weighted by Gasteiger charge is -2.35. The van der Waals surface area contributed by atoms with E-state index in [2.05, 4.69) is 30.4 Å². The van der Waals surface area contributed by atoms with Crippen LogP contribution in [0.5, 0.6) is 0 Å². The second kappa shape index (κ2) is 7.86. The number of rotatable bonds is 4. The molecule has 8 nitrogen and oxygen atoms in total. The fourth-order valence-corrected chi connectivity index (χ4v) is 3.07. The average molecular weight is 363 g/mol. The van der Waals surface area contributed by atoms with Crippen molar-refractivity contribution in [1.82, 2.24) is 25.1 Å². The van der Waals surface area contributed by atoms with Crippen LogP contribution in [-0.2, 0) is 6.42 Å². The quantitative estimate of drug-likeness (QED) is 0.741. The van der Waals surface area contributed by atoms with Gasteiger partial charge in [-0.2, -0.15) is 4.98 Å². The number of benzene rings is 1. The van der Waals surface area contributed by atoms with Gasteiger partial charge in [0.1, 0.15) is 11.6 Å². The third-order valence-electron chi connectivity index (χ3n) is 4.51. The highest BCUT2D eigenvalue weighted by molar-refractivity contribution is 5.87. The van der Waals surface area contributed by atoms with E-state index in [1.165, 1.54) is 0 Å². The summed E-state index contributed by atoms with van der Waals surface area (Å²) in [6.45, 7) is 2.75. The van der Waals surface area contributed by atoms with Crippen LogP contribution in [0, 0.1) is 0 Å². The number of H-pyrrole nitrogens is 1. The largest absolute Gasteiger partial charge is 0.353 e. The monoisotopic (exact) mass is 363 g/mol. The molecule has 0 saturated carbocycles. The van der Waals surface area contributed by atoms with Gasteiger partial charge in [-0.3, -0.25) is 10.4 Å². The lowest BCUT2D eigenvalue weighted by atomic mass is 10.1. The molecule has 3 heterocycles. The number of piperazine rings is 1. The van der Waals surface area contributed by atoms with Crippen LogP contribution in [0.4, 0.5) is 16.6 Å². The van der Waals surface area contributed by atoms with E-state index >= 15 is 0 Å². The average Bonchev–Trinajstić information content (AvgIpc) is 3.16. The summed E-state index contributed by atoms with van der Waals surface area (Å²) in [5, 5.41) is 9.75. The molecule has 0 atom stereocenters. The molecule has 1 fully saturated rings. The molecule has 0 aliphatic carbocycles. The summed E-state index contributed by atoms with van der Waals surface area (Å²) in [6.07, 6.45) is 2.43. The highest BCUT2D eigenvalue weighted by atomic mass is 16.2. The van der Waals surface area contributed by atoms with E-state index in [-0.39, 0.29) is 6.03 Å². The summed E-state index contributed by atoms with van der Waals surface area (Å²) in [4.78, 5) is 25.1. The van der Waals surface area contributed by atoms with E-state index in [1.54, 1.807) is 11.1 Å². The Balaban J connectivity index is 1.30. The standard InChI is InChI=1S/C19H21N7O/c27-19(26-12-10-25(11-13-26)17-8-4-5-9-20-17)22-18-21-16(23-24-18)14-15-6-2-1-3-7-15/h1-9H,10-14H2,(H2,21,22,23,24,27). The Morgan fingerprint density at radius 1 is 1.04 bits per heavy atom. The van der Waals surface area contributed by atoms with Crippen LogP contribution in [0.3, 0.4) is 0 Å². The van der Waals surface area contributed by atoms with E-state index < -0.39 is 0 Å². The molecule has 1 aromatic carbocycles. The number of hydrogen-bond acceptors (Lipinski definition) is 5. The van der Waals surface area contributed by atoms with Gasteiger partial charge in [0.2, 0.25) is 5.95 Å². The summed E-state index contributed by atoms with van der Waals surface area (Å²) < 4.78 is 0. The summed E-state index contributed by atoms with van der Waals surface area (Å²) >= 11 is 0. The first-order valence-electron chi connectivity index (χ1n) is 8.95. The van der Waals surface area contributed by atoms with Gasteiger partial charge in [0.05, 0.1) is 0 Å². The molecule has 2 aromatic heterocycles. The number of carbonyl (C=O) groups is 1. The minimum Gasteiger partial charge on any atom is -0.353 e. The van der Waals surface area contributed by atoms with Crippen LogP contribution in [0.1, 0.15) is 11.4 Å². The van der Waals surface area contributed by atoms with E-state index in [4.69, 9.17) is 0 Å². The molecule has 0 bridgehead atoms. The van der Waals surface area contributed by atoms with Crippen molar-refractivity contribution < 1.29 is 4.79 Å². The zero-order chi connectivity index (χ0) is 18.5. The Hall–Kier alpha value is -3.42. The van der Waals surface area contributed by atoms with Gasteiger partial charge < -0.3 is 9.80 Å². The normalized spacial score (nSPS) is 14.2. The maximum absolute atomic E-state index is 12.5. The summed E-state index contributed by atoms with van der Waals surface area (Å²) in [7, 11) is 0. The van der Waals surface area contributed by atoms with Crippen molar-refractivity contribution in [3.8, 4) is 0 Å². The van der Waals surface area contributed by atoms with Gasteiger partial charge in [-0.25, -0.2) is 9.78 Å². The molecule has 1 aliphatic rings. The van der Waals surface area contributed by atoms with Crippen molar-refractivity contribution in [3.05, 3.63) is 66.1 Å². The number of amides is 2. The lowest BCUT2D eigenvalue weighted by molar-refractivity contribution is 0.208. The summed E-state index contributed by atoms with van der Waals surface area (Å²) in [5.41, 5.74) is 1.14. The SMILES string of the molecule is O=C(Nc1n[nH]c(Cc2ccccc2)n1)N1CCN(c2ccccn2)CC1. The molecule has 2 N–H and O–H groups in total. The van der Waals surface area contributed by atoms with Crippen molar-refractivity contribution in [2.45, 2.75) is 6.42 Å². The van der Waals surface area contributed by atoms with Crippen molar-refractivity contribution >= 4 is 17.8 Å². The first-order valence-corrected chi connectivity index (χ1v) is 8.95. The minimum atomic E-state index is -0.180. The highest BCUT2D eigenvalue weighted by Gasteiger charge is 2.22. The van der Waals surface area contributed by atoms with Gasteiger partial charge >= 0.3 is 6.03 Å². The predicted molar refractivity (Wildman–Crippen MR) is 103 cm³/mol. The third-order valence-corrected chi connectivity index (χ3v) is 4.51. The van der Waals surface area contributed by atoms with Crippen molar-refractivity contribution in [2.24, 2.45) is 0 Å². The van der Waals surface area contributed by atoms with Crippen molar-refractivity contribution in [3.63, 3.8) is 0 Å². The molecule has 3 aromatic rings. The number of anilines is 2. The molecule has 0 spiro atoms. The van der Waals surface area contributed by atoms with Crippen LogP contribution in [-0.4, -0.2) is 57.3 Å². The fourth-order valence-electron chi connectivity index (χ4n) is 3.07. The minimum absolute atomic E-state index is 0.180. The highest BCUT2D eigenvalue weighted by Crippen LogP contribution is 2.13. The van der Waals surface area contributed by atoms with Crippen LogP contribution >= 0.6 is 0 Å².